The standard InChI is InChI=1S/C27H31BrN8O/c1-18(2)15-31-34-27(37)21-8-9-23(32-25(21)26-22(28)16-30-24(14-29)33-26)20-6-4-19(5-7-20)17-36-12-10-35(3)11-13-36/h4-9,16,18,31H,10-13,15,17H2,1-3H3,(H,34,37). The van der Waals surface area contributed by atoms with Gasteiger partial charge in [0.15, 0.2) is 0 Å². The van der Waals surface area contributed by atoms with E-state index in [1.165, 1.54) is 11.8 Å². The van der Waals surface area contributed by atoms with E-state index in [1.54, 1.807) is 6.07 Å². The molecule has 9 nitrogen and oxygen atoms in total. The summed E-state index contributed by atoms with van der Waals surface area (Å²) in [7, 11) is 2.16. The fourth-order valence-corrected chi connectivity index (χ4v) is 4.40. The third-order valence-corrected chi connectivity index (χ3v) is 6.75. The van der Waals surface area contributed by atoms with Crippen molar-refractivity contribution in [3.05, 3.63) is 64.0 Å². The lowest BCUT2D eigenvalue weighted by Crippen LogP contribution is -2.43. The first-order valence-electron chi connectivity index (χ1n) is 12.3. The predicted octanol–water partition coefficient (Wildman–Crippen LogP) is 3.48. The molecule has 10 heteroatoms. The van der Waals surface area contributed by atoms with E-state index >= 15 is 0 Å². The molecule has 1 saturated heterocycles. The molecule has 0 saturated carbocycles. The Morgan fingerprint density at radius 2 is 1.81 bits per heavy atom. The largest absolute Gasteiger partial charge is 0.304 e. The molecule has 4 rings (SSSR count). The van der Waals surface area contributed by atoms with Crippen LogP contribution in [0.2, 0.25) is 0 Å². The Hall–Kier alpha value is -3.23. The molecule has 1 amide bonds. The number of hydrogen-bond donors (Lipinski definition) is 2. The Kier molecular flexibility index (Phi) is 8.95. The van der Waals surface area contributed by atoms with Crippen LogP contribution in [0.25, 0.3) is 22.6 Å². The summed E-state index contributed by atoms with van der Waals surface area (Å²) < 4.78 is 0.544. The number of amides is 1. The summed E-state index contributed by atoms with van der Waals surface area (Å²) in [5.74, 6) is 0.0397. The van der Waals surface area contributed by atoms with Crippen molar-refractivity contribution in [1.82, 2.24) is 35.6 Å². The van der Waals surface area contributed by atoms with Crippen molar-refractivity contribution < 1.29 is 4.79 Å². The Bertz CT molecular complexity index is 1280. The molecule has 1 fully saturated rings. The van der Waals surface area contributed by atoms with Gasteiger partial charge in [-0.3, -0.25) is 15.1 Å². The minimum atomic E-state index is -0.332. The summed E-state index contributed by atoms with van der Waals surface area (Å²) in [5.41, 5.74) is 9.67. The fraction of sp³-hybridized carbons (Fsp3) is 0.370. The summed E-state index contributed by atoms with van der Waals surface area (Å²) >= 11 is 3.46. The van der Waals surface area contributed by atoms with Gasteiger partial charge in [-0.05, 0) is 46.6 Å². The molecular weight excluding hydrogens is 532 g/mol. The van der Waals surface area contributed by atoms with Crippen LogP contribution in [-0.4, -0.2) is 70.4 Å². The average Bonchev–Trinajstić information content (AvgIpc) is 2.90. The van der Waals surface area contributed by atoms with Crippen molar-refractivity contribution in [2.45, 2.75) is 20.4 Å². The van der Waals surface area contributed by atoms with Gasteiger partial charge in [-0.1, -0.05) is 38.1 Å². The van der Waals surface area contributed by atoms with Gasteiger partial charge in [-0.15, -0.1) is 0 Å². The maximum Gasteiger partial charge on any atom is 0.267 e. The highest BCUT2D eigenvalue weighted by Gasteiger charge is 2.20. The van der Waals surface area contributed by atoms with Crippen molar-refractivity contribution in [1.29, 1.82) is 5.26 Å². The highest BCUT2D eigenvalue weighted by atomic mass is 79.9. The molecule has 192 valence electrons. The second-order valence-corrected chi connectivity index (χ2v) is 10.5. The van der Waals surface area contributed by atoms with E-state index in [-0.39, 0.29) is 11.7 Å². The maximum absolute atomic E-state index is 13.0. The summed E-state index contributed by atoms with van der Waals surface area (Å²) in [6.07, 6.45) is 1.50. The SMILES string of the molecule is CC(C)CNNC(=O)c1ccc(-c2ccc(CN3CCN(C)CC3)cc2)nc1-c1nc(C#N)ncc1Br. The molecule has 1 aliphatic rings. The zero-order valence-electron chi connectivity index (χ0n) is 21.3. The number of nitrogens with zero attached hydrogens (tertiary/aromatic N) is 6. The van der Waals surface area contributed by atoms with Crippen molar-refractivity contribution in [2.75, 3.05) is 39.8 Å². The molecule has 0 spiro atoms. The minimum Gasteiger partial charge on any atom is -0.304 e. The van der Waals surface area contributed by atoms with Gasteiger partial charge in [0.2, 0.25) is 5.82 Å². The normalized spacial score (nSPS) is 14.5. The van der Waals surface area contributed by atoms with Crippen LogP contribution in [0.15, 0.2) is 47.1 Å². The number of aromatic nitrogens is 3. The van der Waals surface area contributed by atoms with Gasteiger partial charge in [-0.25, -0.2) is 20.4 Å². The number of carbonyl (C=O) groups excluding carboxylic acids is 1. The highest BCUT2D eigenvalue weighted by molar-refractivity contribution is 9.10. The van der Waals surface area contributed by atoms with Gasteiger partial charge >= 0.3 is 0 Å². The van der Waals surface area contributed by atoms with Crippen LogP contribution in [0.3, 0.4) is 0 Å². The van der Waals surface area contributed by atoms with Crippen molar-refractivity contribution in [2.24, 2.45) is 5.92 Å². The number of nitriles is 1. The molecule has 37 heavy (non-hydrogen) atoms. The van der Waals surface area contributed by atoms with E-state index in [0.717, 1.165) is 38.3 Å². The average molecular weight is 564 g/mol. The Morgan fingerprint density at radius 3 is 2.49 bits per heavy atom. The number of halogens is 1. The quantitative estimate of drug-likeness (QED) is 0.401. The molecule has 2 aromatic heterocycles. The number of pyridine rings is 1. The van der Waals surface area contributed by atoms with E-state index in [9.17, 15) is 10.1 Å². The van der Waals surface area contributed by atoms with Crippen LogP contribution in [0.1, 0.15) is 35.6 Å². The number of hydrogen-bond acceptors (Lipinski definition) is 8. The topological polar surface area (TPSA) is 110 Å². The molecule has 0 aliphatic carbocycles. The zero-order chi connectivity index (χ0) is 26.4. The van der Waals surface area contributed by atoms with Crippen LogP contribution < -0.4 is 10.9 Å². The Balaban J connectivity index is 1.63. The second kappa shape index (κ2) is 12.3. The van der Waals surface area contributed by atoms with Gasteiger partial charge in [-0.2, -0.15) is 5.26 Å². The molecule has 0 radical (unpaired) electrons. The van der Waals surface area contributed by atoms with E-state index in [2.05, 4.69) is 91.7 Å². The summed E-state index contributed by atoms with van der Waals surface area (Å²) in [5, 5.41) is 9.33. The van der Waals surface area contributed by atoms with E-state index in [0.29, 0.717) is 39.6 Å². The first-order valence-corrected chi connectivity index (χ1v) is 13.1. The van der Waals surface area contributed by atoms with Gasteiger partial charge in [0.25, 0.3) is 5.91 Å². The van der Waals surface area contributed by atoms with Crippen molar-refractivity contribution >= 4 is 21.8 Å². The van der Waals surface area contributed by atoms with Crippen LogP contribution >= 0.6 is 15.9 Å². The molecule has 3 aromatic rings. The van der Waals surface area contributed by atoms with Gasteiger partial charge in [0.1, 0.15) is 17.5 Å². The van der Waals surface area contributed by atoms with Gasteiger partial charge < -0.3 is 4.90 Å². The van der Waals surface area contributed by atoms with E-state index in [1.807, 2.05) is 12.1 Å². The zero-order valence-corrected chi connectivity index (χ0v) is 22.9. The van der Waals surface area contributed by atoms with E-state index < -0.39 is 0 Å². The Morgan fingerprint density at radius 1 is 1.08 bits per heavy atom. The first kappa shape index (κ1) is 26.8. The molecule has 1 aromatic carbocycles. The van der Waals surface area contributed by atoms with Crippen LogP contribution in [0.4, 0.5) is 0 Å². The maximum atomic E-state index is 13.0. The lowest BCUT2D eigenvalue weighted by Gasteiger charge is -2.32. The molecule has 2 N–H and O–H groups in total. The smallest absolute Gasteiger partial charge is 0.267 e. The predicted molar refractivity (Wildman–Crippen MR) is 146 cm³/mol. The number of carbonyl (C=O) groups is 1. The summed E-state index contributed by atoms with van der Waals surface area (Å²) in [4.78, 5) is 31.0. The molecule has 0 bridgehead atoms. The number of benzene rings is 1. The Labute approximate surface area is 226 Å². The van der Waals surface area contributed by atoms with E-state index in [4.69, 9.17) is 4.98 Å². The molecule has 0 atom stereocenters. The summed E-state index contributed by atoms with van der Waals surface area (Å²) in [6.45, 7) is 9.96. The number of rotatable bonds is 8. The summed E-state index contributed by atoms with van der Waals surface area (Å²) in [6, 6.07) is 13.9. The fourth-order valence-electron chi connectivity index (χ4n) is 4.02. The lowest BCUT2D eigenvalue weighted by atomic mass is 10.0. The van der Waals surface area contributed by atoms with Gasteiger partial charge in [0, 0.05) is 51.0 Å². The van der Waals surface area contributed by atoms with Crippen molar-refractivity contribution in [3.8, 4) is 28.7 Å². The van der Waals surface area contributed by atoms with Crippen LogP contribution in [-0.2, 0) is 6.54 Å². The number of hydrazine groups is 1. The third kappa shape index (κ3) is 6.96. The van der Waals surface area contributed by atoms with Crippen LogP contribution in [0, 0.1) is 17.2 Å². The number of nitrogens with one attached hydrogen (secondary N) is 2. The second-order valence-electron chi connectivity index (χ2n) is 9.60. The molecule has 0 unspecified atom stereocenters. The lowest BCUT2D eigenvalue weighted by molar-refractivity contribution is 0.0932. The molecular formula is C27H31BrN8O. The highest BCUT2D eigenvalue weighted by Crippen LogP contribution is 2.30. The minimum absolute atomic E-state index is 0.00273. The van der Waals surface area contributed by atoms with Crippen LogP contribution in [0.5, 0.6) is 0 Å². The first-order chi connectivity index (χ1) is 17.8. The third-order valence-electron chi connectivity index (χ3n) is 6.17. The molecule has 1 aliphatic heterocycles. The molecule has 3 heterocycles. The van der Waals surface area contributed by atoms with Crippen molar-refractivity contribution in [3.63, 3.8) is 0 Å². The van der Waals surface area contributed by atoms with Gasteiger partial charge in [0.05, 0.1) is 15.7 Å². The monoisotopic (exact) mass is 562 g/mol. The number of piperazine rings is 1. The number of likely N-dealkylation sites (N-methyl/N-ethyl adjacent to an activating group) is 1.